The Balaban J connectivity index is 1.32. The number of nitrogens with one attached hydrogen (secondary N) is 3. The number of aromatic nitrogens is 2. The number of piperazine rings is 1. The number of aromatic amines is 1. The van der Waals surface area contributed by atoms with E-state index in [1.807, 2.05) is 30.5 Å². The molecule has 4 heterocycles. The van der Waals surface area contributed by atoms with Crippen LogP contribution in [0.1, 0.15) is 27.3 Å². The van der Waals surface area contributed by atoms with Crippen molar-refractivity contribution in [3.63, 3.8) is 0 Å². The molecule has 5 rings (SSSR count). The average Bonchev–Trinajstić information content (AvgIpc) is 3.25. The Kier molecular flexibility index (Phi) is 5.07. The van der Waals surface area contributed by atoms with Gasteiger partial charge in [0, 0.05) is 68.0 Å². The van der Waals surface area contributed by atoms with Gasteiger partial charge in [-0.25, -0.2) is 0 Å². The highest BCUT2D eigenvalue weighted by Gasteiger charge is 2.19. The lowest BCUT2D eigenvalue weighted by molar-refractivity contribution is 0.0946. The van der Waals surface area contributed by atoms with E-state index in [1.165, 1.54) is 5.69 Å². The fourth-order valence-electron chi connectivity index (χ4n) is 4.06. The lowest BCUT2D eigenvalue weighted by atomic mass is 10.1. The number of amides is 1. The van der Waals surface area contributed by atoms with E-state index in [1.54, 1.807) is 0 Å². The molecule has 0 atom stereocenters. The van der Waals surface area contributed by atoms with Crippen LogP contribution in [0.25, 0.3) is 23.4 Å². The van der Waals surface area contributed by atoms with Crippen molar-refractivity contribution in [3.05, 3.63) is 71.2 Å². The fourth-order valence-corrected chi connectivity index (χ4v) is 4.06. The number of benzene rings is 1. The molecule has 0 radical (unpaired) electrons. The second-order valence-corrected chi connectivity index (χ2v) is 7.71. The van der Waals surface area contributed by atoms with Gasteiger partial charge in [-0.1, -0.05) is 18.2 Å². The number of carbonyl (C=O) groups excluding carboxylic acids is 1. The summed E-state index contributed by atoms with van der Waals surface area (Å²) in [7, 11) is 0. The monoisotopic (exact) mass is 399 g/mol. The van der Waals surface area contributed by atoms with Gasteiger partial charge in [-0.05, 0) is 42.0 Å². The van der Waals surface area contributed by atoms with E-state index in [0.717, 1.165) is 66.4 Å². The van der Waals surface area contributed by atoms with Gasteiger partial charge in [-0.15, -0.1) is 0 Å². The van der Waals surface area contributed by atoms with Gasteiger partial charge < -0.3 is 20.5 Å². The third-order valence-electron chi connectivity index (χ3n) is 5.72. The van der Waals surface area contributed by atoms with Crippen molar-refractivity contribution in [2.24, 2.45) is 0 Å². The van der Waals surface area contributed by atoms with E-state index < -0.39 is 0 Å². The minimum absolute atomic E-state index is 0.00260. The molecule has 152 valence electrons. The van der Waals surface area contributed by atoms with Gasteiger partial charge in [0.1, 0.15) is 0 Å². The van der Waals surface area contributed by atoms with Crippen LogP contribution in [0, 0.1) is 0 Å². The summed E-state index contributed by atoms with van der Waals surface area (Å²) in [5.74, 6) is -0.00260. The van der Waals surface area contributed by atoms with Crippen molar-refractivity contribution in [1.82, 2.24) is 20.6 Å². The van der Waals surface area contributed by atoms with Crippen LogP contribution in [0.5, 0.6) is 0 Å². The van der Waals surface area contributed by atoms with Gasteiger partial charge in [0.15, 0.2) is 0 Å². The van der Waals surface area contributed by atoms with E-state index >= 15 is 0 Å². The maximum atomic E-state index is 12.0. The van der Waals surface area contributed by atoms with E-state index in [2.05, 4.69) is 55.8 Å². The minimum atomic E-state index is -0.00260. The van der Waals surface area contributed by atoms with Crippen LogP contribution in [0.4, 0.5) is 5.69 Å². The molecule has 6 heteroatoms. The lowest BCUT2D eigenvalue weighted by Gasteiger charge is -2.29. The van der Waals surface area contributed by atoms with Gasteiger partial charge in [0.25, 0.3) is 5.91 Å². The SMILES string of the molecule is O=C1NCCc2[nH]c(-c3ccnc(/C=C/c4ccc(N5CCNCC5)cc4)c3)cc21. The Morgan fingerprint density at radius 1 is 0.967 bits per heavy atom. The van der Waals surface area contributed by atoms with Crippen LogP contribution >= 0.6 is 0 Å². The smallest absolute Gasteiger partial charge is 0.253 e. The highest BCUT2D eigenvalue weighted by Crippen LogP contribution is 2.25. The molecule has 0 unspecified atom stereocenters. The summed E-state index contributed by atoms with van der Waals surface area (Å²) < 4.78 is 0. The maximum absolute atomic E-state index is 12.0. The number of hydrogen-bond acceptors (Lipinski definition) is 4. The number of carbonyl (C=O) groups is 1. The number of anilines is 1. The molecule has 0 bridgehead atoms. The highest BCUT2D eigenvalue weighted by molar-refractivity contribution is 5.97. The van der Waals surface area contributed by atoms with Gasteiger partial charge in [-0.3, -0.25) is 9.78 Å². The summed E-state index contributed by atoms with van der Waals surface area (Å²) >= 11 is 0. The Morgan fingerprint density at radius 2 is 1.80 bits per heavy atom. The molecule has 3 N–H and O–H groups in total. The van der Waals surface area contributed by atoms with Crippen molar-refractivity contribution in [3.8, 4) is 11.3 Å². The molecule has 2 aliphatic rings. The normalized spacial score (nSPS) is 16.5. The quantitative estimate of drug-likeness (QED) is 0.631. The van der Waals surface area contributed by atoms with Crippen LogP contribution < -0.4 is 15.5 Å². The summed E-state index contributed by atoms with van der Waals surface area (Å²) in [5.41, 5.74) is 7.04. The zero-order valence-corrected chi connectivity index (χ0v) is 16.8. The molecule has 1 fully saturated rings. The van der Waals surface area contributed by atoms with Gasteiger partial charge in [-0.2, -0.15) is 0 Å². The lowest BCUT2D eigenvalue weighted by Crippen LogP contribution is -2.43. The number of H-pyrrole nitrogens is 1. The number of rotatable bonds is 4. The first-order valence-electron chi connectivity index (χ1n) is 10.5. The summed E-state index contributed by atoms with van der Waals surface area (Å²) in [6, 6.07) is 14.6. The zero-order valence-electron chi connectivity index (χ0n) is 16.8. The van der Waals surface area contributed by atoms with Gasteiger partial charge in [0.2, 0.25) is 0 Å². The number of hydrogen-bond donors (Lipinski definition) is 3. The summed E-state index contributed by atoms with van der Waals surface area (Å²) in [4.78, 5) is 22.3. The second kappa shape index (κ2) is 8.16. The Labute approximate surface area is 176 Å². The molecule has 2 aromatic heterocycles. The van der Waals surface area contributed by atoms with Crippen LogP contribution in [-0.4, -0.2) is 48.6 Å². The molecule has 6 nitrogen and oxygen atoms in total. The molecule has 1 saturated heterocycles. The fraction of sp³-hybridized carbons (Fsp3) is 0.250. The zero-order chi connectivity index (χ0) is 20.3. The molecule has 2 aliphatic heterocycles. The molecule has 1 aromatic carbocycles. The van der Waals surface area contributed by atoms with E-state index in [9.17, 15) is 4.79 Å². The molecule has 1 amide bonds. The Bertz CT molecular complexity index is 1080. The van der Waals surface area contributed by atoms with Crippen molar-refractivity contribution < 1.29 is 4.79 Å². The first-order valence-corrected chi connectivity index (χ1v) is 10.5. The Morgan fingerprint density at radius 3 is 2.60 bits per heavy atom. The molecular formula is C24H25N5O. The number of nitrogens with zero attached hydrogens (tertiary/aromatic N) is 2. The first kappa shape index (κ1) is 18.6. The standard InChI is InChI=1S/C24H25N5O/c30-24-21-16-23(28-22(21)8-10-27-24)18-7-9-26-19(15-18)4-1-17-2-5-20(6-3-17)29-13-11-25-12-14-29/h1-7,9,15-16,25,28H,8,10-14H2,(H,27,30)/b4-1+. The van der Waals surface area contributed by atoms with Crippen molar-refractivity contribution >= 4 is 23.7 Å². The number of fused-ring (bicyclic) bond motifs is 1. The van der Waals surface area contributed by atoms with Crippen LogP contribution in [0.15, 0.2) is 48.7 Å². The predicted octanol–water partition coefficient (Wildman–Crippen LogP) is 2.94. The topological polar surface area (TPSA) is 73.0 Å². The van der Waals surface area contributed by atoms with E-state index in [4.69, 9.17) is 0 Å². The minimum Gasteiger partial charge on any atom is -0.369 e. The van der Waals surface area contributed by atoms with Crippen molar-refractivity contribution in [2.75, 3.05) is 37.6 Å². The molecule has 0 aliphatic carbocycles. The third kappa shape index (κ3) is 3.86. The molecule has 3 aromatic rings. The third-order valence-corrected chi connectivity index (χ3v) is 5.72. The van der Waals surface area contributed by atoms with Gasteiger partial charge >= 0.3 is 0 Å². The largest absolute Gasteiger partial charge is 0.369 e. The summed E-state index contributed by atoms with van der Waals surface area (Å²) in [6.45, 7) is 4.87. The van der Waals surface area contributed by atoms with E-state index in [0.29, 0.717) is 6.54 Å². The van der Waals surface area contributed by atoms with Crippen LogP contribution in [0.3, 0.4) is 0 Å². The second-order valence-electron chi connectivity index (χ2n) is 7.71. The van der Waals surface area contributed by atoms with Gasteiger partial charge in [0.05, 0.1) is 11.3 Å². The molecule has 30 heavy (non-hydrogen) atoms. The average molecular weight is 399 g/mol. The van der Waals surface area contributed by atoms with Crippen molar-refractivity contribution in [1.29, 1.82) is 0 Å². The summed E-state index contributed by atoms with van der Waals surface area (Å²) in [6.07, 6.45) is 6.75. The van der Waals surface area contributed by atoms with Crippen LogP contribution in [-0.2, 0) is 6.42 Å². The Hall–Kier alpha value is -3.38. The van der Waals surface area contributed by atoms with Crippen LogP contribution in [0.2, 0.25) is 0 Å². The van der Waals surface area contributed by atoms with Crippen molar-refractivity contribution in [2.45, 2.75) is 6.42 Å². The molecule has 0 spiro atoms. The predicted molar refractivity (Wildman–Crippen MR) is 121 cm³/mol. The molecular weight excluding hydrogens is 374 g/mol. The summed E-state index contributed by atoms with van der Waals surface area (Å²) in [5, 5.41) is 6.27. The first-order chi connectivity index (χ1) is 14.8. The number of pyridine rings is 1. The van der Waals surface area contributed by atoms with E-state index in [-0.39, 0.29) is 5.91 Å². The highest BCUT2D eigenvalue weighted by atomic mass is 16.1. The molecule has 0 saturated carbocycles. The maximum Gasteiger partial charge on any atom is 0.253 e.